The van der Waals surface area contributed by atoms with Crippen molar-refractivity contribution >= 4 is 31.7 Å². The fourth-order valence-corrected chi connectivity index (χ4v) is 4.07. The van der Waals surface area contributed by atoms with Gasteiger partial charge in [-0.1, -0.05) is 31.0 Å². The van der Waals surface area contributed by atoms with Crippen molar-refractivity contribution in [3.63, 3.8) is 0 Å². The lowest BCUT2D eigenvalue weighted by Crippen LogP contribution is -2.28. The summed E-state index contributed by atoms with van der Waals surface area (Å²) in [5, 5.41) is 0. The number of aryl methyl sites for hydroxylation is 1. The molecule has 0 unspecified atom stereocenters. The molecule has 134 valence electrons. The van der Waals surface area contributed by atoms with Gasteiger partial charge in [-0.25, -0.2) is 8.42 Å². The number of carbonyl (C=O) groups excluding carboxylic acids is 1. The van der Waals surface area contributed by atoms with Crippen LogP contribution in [0.2, 0.25) is 0 Å². The van der Waals surface area contributed by atoms with Crippen LogP contribution >= 0.6 is 15.9 Å². The molecular weight excluding hydrogens is 406 g/mol. The van der Waals surface area contributed by atoms with Gasteiger partial charge in [0.25, 0.3) is 10.0 Å². The molecule has 1 aromatic heterocycles. The van der Waals surface area contributed by atoms with E-state index in [2.05, 4.69) is 15.9 Å². The Hall–Kier alpha value is -1.86. The summed E-state index contributed by atoms with van der Waals surface area (Å²) in [5.41, 5.74) is 0.976. The SMILES string of the molecule is CCCCN(/C=C(\Br)C(=O)c1ccco1)S(=O)(=O)c1ccc(C)cc1. The van der Waals surface area contributed by atoms with Crippen molar-refractivity contribution in [2.45, 2.75) is 31.6 Å². The number of rotatable bonds is 8. The highest BCUT2D eigenvalue weighted by molar-refractivity contribution is 9.12. The van der Waals surface area contributed by atoms with E-state index < -0.39 is 15.8 Å². The van der Waals surface area contributed by atoms with Gasteiger partial charge in [-0.05, 0) is 53.5 Å². The van der Waals surface area contributed by atoms with E-state index in [0.717, 1.165) is 12.0 Å². The number of benzene rings is 1. The topological polar surface area (TPSA) is 67.6 Å². The highest BCUT2D eigenvalue weighted by Gasteiger charge is 2.23. The number of Topliss-reactive ketones (excluding diaryl/α,β-unsaturated/α-hetero) is 1. The number of ketones is 1. The summed E-state index contributed by atoms with van der Waals surface area (Å²) in [5.74, 6) is -0.267. The van der Waals surface area contributed by atoms with Gasteiger partial charge in [0.2, 0.25) is 5.78 Å². The van der Waals surface area contributed by atoms with Crippen LogP contribution in [0, 0.1) is 6.92 Å². The van der Waals surface area contributed by atoms with Crippen LogP contribution in [0.1, 0.15) is 35.9 Å². The van der Waals surface area contributed by atoms with Crippen LogP contribution in [0.5, 0.6) is 0 Å². The molecule has 2 aromatic rings. The third-order valence-corrected chi connectivity index (χ3v) is 5.92. The van der Waals surface area contributed by atoms with Crippen molar-refractivity contribution in [2.24, 2.45) is 0 Å². The molecule has 1 aromatic carbocycles. The maximum Gasteiger partial charge on any atom is 0.263 e. The summed E-state index contributed by atoms with van der Waals surface area (Å²) in [6.45, 7) is 4.15. The summed E-state index contributed by atoms with van der Waals surface area (Å²) in [6, 6.07) is 9.77. The van der Waals surface area contributed by atoms with E-state index in [9.17, 15) is 13.2 Å². The molecule has 0 spiro atoms. The number of unbranched alkanes of at least 4 members (excludes halogenated alkanes) is 1. The van der Waals surface area contributed by atoms with E-state index in [0.29, 0.717) is 6.42 Å². The number of carbonyl (C=O) groups is 1. The normalized spacial score (nSPS) is 12.2. The second-order valence-corrected chi connectivity index (χ2v) is 8.31. The molecule has 25 heavy (non-hydrogen) atoms. The molecule has 0 atom stereocenters. The maximum atomic E-state index is 12.9. The van der Waals surface area contributed by atoms with Gasteiger partial charge in [-0.3, -0.25) is 9.10 Å². The smallest absolute Gasteiger partial charge is 0.263 e. The van der Waals surface area contributed by atoms with Crippen molar-refractivity contribution in [1.82, 2.24) is 4.31 Å². The lowest BCUT2D eigenvalue weighted by atomic mass is 10.2. The Balaban J connectivity index is 2.36. The Morgan fingerprint density at radius 3 is 2.48 bits per heavy atom. The highest BCUT2D eigenvalue weighted by Crippen LogP contribution is 2.22. The first kappa shape index (κ1) is 19.5. The summed E-state index contributed by atoms with van der Waals surface area (Å²) in [4.78, 5) is 12.5. The number of sulfonamides is 1. The second kappa shape index (κ2) is 8.49. The van der Waals surface area contributed by atoms with E-state index in [1.165, 1.54) is 22.8 Å². The zero-order valence-corrected chi connectivity index (χ0v) is 16.5. The highest BCUT2D eigenvalue weighted by atomic mass is 79.9. The number of hydrogen-bond donors (Lipinski definition) is 0. The zero-order chi connectivity index (χ0) is 18.4. The molecule has 0 fully saturated rings. The van der Waals surface area contributed by atoms with E-state index in [-0.39, 0.29) is 21.7 Å². The number of halogens is 1. The van der Waals surface area contributed by atoms with Crippen molar-refractivity contribution < 1.29 is 17.6 Å². The molecule has 0 aliphatic carbocycles. The first-order valence-electron chi connectivity index (χ1n) is 7.90. The van der Waals surface area contributed by atoms with E-state index in [4.69, 9.17) is 4.42 Å². The van der Waals surface area contributed by atoms with Crippen molar-refractivity contribution in [1.29, 1.82) is 0 Å². The number of hydrogen-bond acceptors (Lipinski definition) is 4. The van der Waals surface area contributed by atoms with Crippen LogP contribution in [0.4, 0.5) is 0 Å². The van der Waals surface area contributed by atoms with Gasteiger partial charge in [-0.15, -0.1) is 0 Å². The average Bonchev–Trinajstić information content (AvgIpc) is 3.12. The minimum absolute atomic E-state index is 0.120. The molecular formula is C18H20BrNO4S. The molecule has 0 aliphatic heterocycles. The molecule has 0 saturated carbocycles. The molecule has 2 rings (SSSR count). The number of nitrogens with zero attached hydrogens (tertiary/aromatic N) is 1. The third kappa shape index (κ3) is 4.83. The fraction of sp³-hybridized carbons (Fsp3) is 0.278. The molecule has 0 saturated heterocycles. The summed E-state index contributed by atoms with van der Waals surface area (Å²) in [6.07, 6.45) is 4.22. The van der Waals surface area contributed by atoms with Gasteiger partial charge in [0.1, 0.15) is 0 Å². The Bertz CT molecular complexity index is 840. The average molecular weight is 426 g/mol. The van der Waals surface area contributed by atoms with Gasteiger partial charge in [-0.2, -0.15) is 0 Å². The largest absolute Gasteiger partial charge is 0.461 e. The number of furan rings is 1. The standard InChI is InChI=1S/C18H20BrNO4S/c1-3-4-11-20(13-16(19)18(21)17-6-5-12-24-17)25(22,23)15-9-7-14(2)8-10-15/h5-10,12-13H,3-4,11H2,1-2H3/b16-13-. The lowest BCUT2D eigenvalue weighted by molar-refractivity contribution is 0.101. The van der Waals surface area contributed by atoms with Crippen molar-refractivity contribution in [3.8, 4) is 0 Å². The minimum Gasteiger partial charge on any atom is -0.461 e. The van der Waals surface area contributed by atoms with Gasteiger partial charge in [0.15, 0.2) is 5.76 Å². The molecule has 0 amide bonds. The van der Waals surface area contributed by atoms with Crippen LogP contribution in [0.25, 0.3) is 0 Å². The fourth-order valence-electron chi connectivity index (χ4n) is 2.12. The van der Waals surface area contributed by atoms with Crippen LogP contribution in [-0.2, 0) is 10.0 Å². The lowest BCUT2D eigenvalue weighted by Gasteiger charge is -2.21. The van der Waals surface area contributed by atoms with Gasteiger partial charge < -0.3 is 4.42 Å². The monoisotopic (exact) mass is 425 g/mol. The quantitative estimate of drug-likeness (QED) is 0.461. The number of allylic oxidation sites excluding steroid dienone is 1. The van der Waals surface area contributed by atoms with E-state index in [1.807, 2.05) is 13.8 Å². The molecule has 0 bridgehead atoms. The van der Waals surface area contributed by atoms with Crippen LogP contribution < -0.4 is 0 Å². The Labute approximate surface area is 156 Å². The third-order valence-electron chi connectivity index (χ3n) is 3.58. The van der Waals surface area contributed by atoms with Gasteiger partial charge in [0, 0.05) is 12.7 Å². The first-order valence-corrected chi connectivity index (χ1v) is 10.1. The first-order chi connectivity index (χ1) is 11.9. The summed E-state index contributed by atoms with van der Waals surface area (Å²) < 4.78 is 32.2. The minimum atomic E-state index is -3.74. The summed E-state index contributed by atoms with van der Waals surface area (Å²) in [7, 11) is -3.74. The zero-order valence-electron chi connectivity index (χ0n) is 14.1. The maximum absolute atomic E-state index is 12.9. The predicted molar refractivity (Wildman–Crippen MR) is 100 cm³/mol. The van der Waals surface area contributed by atoms with E-state index in [1.54, 1.807) is 30.3 Å². The molecule has 1 heterocycles. The predicted octanol–water partition coefficient (Wildman–Crippen LogP) is 4.50. The molecule has 7 heteroatoms. The van der Waals surface area contributed by atoms with Gasteiger partial charge >= 0.3 is 0 Å². The van der Waals surface area contributed by atoms with Crippen LogP contribution in [-0.4, -0.2) is 25.1 Å². The van der Waals surface area contributed by atoms with Crippen molar-refractivity contribution in [2.75, 3.05) is 6.54 Å². The Morgan fingerprint density at radius 1 is 1.24 bits per heavy atom. The Kier molecular flexibility index (Phi) is 6.61. The molecule has 0 N–H and O–H groups in total. The Morgan fingerprint density at radius 2 is 1.92 bits per heavy atom. The van der Waals surface area contributed by atoms with Crippen LogP contribution in [0.15, 0.2) is 62.7 Å². The summed E-state index contributed by atoms with van der Waals surface area (Å²) >= 11 is 3.18. The molecule has 0 aliphatic rings. The molecule has 0 radical (unpaired) electrons. The van der Waals surface area contributed by atoms with E-state index >= 15 is 0 Å². The second-order valence-electron chi connectivity index (χ2n) is 5.57. The van der Waals surface area contributed by atoms with Crippen molar-refractivity contribution in [3.05, 3.63) is 64.7 Å². The van der Waals surface area contributed by atoms with Crippen LogP contribution in [0.3, 0.4) is 0 Å². The molecule has 5 nitrogen and oxygen atoms in total. The van der Waals surface area contributed by atoms with Gasteiger partial charge in [0.05, 0.1) is 15.6 Å².